The molecule has 2 N–H and O–H groups in total. The van der Waals surface area contributed by atoms with Gasteiger partial charge >= 0.3 is 0 Å². The molecule has 1 atom stereocenters. The molecular formula is C16H18F2N2O. The van der Waals surface area contributed by atoms with E-state index in [0.717, 1.165) is 29.8 Å². The second kappa shape index (κ2) is 7.24. The molecule has 21 heavy (non-hydrogen) atoms. The van der Waals surface area contributed by atoms with Crippen molar-refractivity contribution in [1.29, 1.82) is 0 Å². The van der Waals surface area contributed by atoms with Gasteiger partial charge in [-0.2, -0.15) is 0 Å². The average Bonchev–Trinajstić information content (AvgIpc) is 2.47. The predicted molar refractivity (Wildman–Crippen MR) is 76.6 cm³/mol. The van der Waals surface area contributed by atoms with Gasteiger partial charge < -0.3 is 10.4 Å². The molecule has 1 aromatic heterocycles. The van der Waals surface area contributed by atoms with Crippen molar-refractivity contribution in [1.82, 2.24) is 10.3 Å². The molecule has 3 nitrogen and oxygen atoms in total. The first-order chi connectivity index (χ1) is 10.1. The van der Waals surface area contributed by atoms with E-state index in [0.29, 0.717) is 6.54 Å². The number of hydrogen-bond acceptors (Lipinski definition) is 3. The summed E-state index contributed by atoms with van der Waals surface area (Å²) in [6, 6.07) is 7.04. The van der Waals surface area contributed by atoms with Crippen LogP contribution >= 0.6 is 0 Å². The normalized spacial score (nSPS) is 12.4. The lowest BCUT2D eigenvalue weighted by molar-refractivity contribution is 0.169. The van der Waals surface area contributed by atoms with Crippen LogP contribution in [0.4, 0.5) is 8.78 Å². The van der Waals surface area contributed by atoms with Gasteiger partial charge in [0.1, 0.15) is 11.6 Å². The minimum Gasteiger partial charge on any atom is -0.387 e. The van der Waals surface area contributed by atoms with Crippen LogP contribution in [0.1, 0.15) is 29.8 Å². The summed E-state index contributed by atoms with van der Waals surface area (Å²) < 4.78 is 26.4. The van der Waals surface area contributed by atoms with Gasteiger partial charge in [-0.3, -0.25) is 4.98 Å². The zero-order chi connectivity index (χ0) is 15.2. The molecular weight excluding hydrogens is 274 g/mol. The third kappa shape index (κ3) is 4.06. The summed E-state index contributed by atoms with van der Waals surface area (Å²) in [6.07, 6.45) is 1.56. The minimum atomic E-state index is -1.03. The van der Waals surface area contributed by atoms with Crippen molar-refractivity contribution in [3.05, 3.63) is 65.0 Å². The highest BCUT2D eigenvalue weighted by Crippen LogP contribution is 2.17. The number of aliphatic hydroxyl groups is 1. The van der Waals surface area contributed by atoms with E-state index in [1.54, 1.807) is 6.20 Å². The number of nitrogens with one attached hydrogen (secondary N) is 1. The number of nitrogens with zero attached hydrogens (tertiary/aromatic N) is 1. The van der Waals surface area contributed by atoms with Gasteiger partial charge in [-0.15, -0.1) is 0 Å². The van der Waals surface area contributed by atoms with Gasteiger partial charge in [0, 0.05) is 30.9 Å². The van der Waals surface area contributed by atoms with Gasteiger partial charge in [-0.1, -0.05) is 19.1 Å². The van der Waals surface area contributed by atoms with E-state index in [4.69, 9.17) is 0 Å². The Balaban J connectivity index is 1.93. The quantitative estimate of drug-likeness (QED) is 0.860. The first kappa shape index (κ1) is 15.5. The fourth-order valence-corrected chi connectivity index (χ4v) is 2.16. The van der Waals surface area contributed by atoms with Crippen molar-refractivity contribution in [2.24, 2.45) is 0 Å². The van der Waals surface area contributed by atoms with Crippen LogP contribution in [0.25, 0.3) is 0 Å². The molecule has 0 spiro atoms. The lowest BCUT2D eigenvalue weighted by atomic mass is 10.1. The largest absolute Gasteiger partial charge is 0.387 e. The van der Waals surface area contributed by atoms with Gasteiger partial charge in [0.25, 0.3) is 0 Å². The van der Waals surface area contributed by atoms with Crippen LogP contribution in [0.3, 0.4) is 0 Å². The summed E-state index contributed by atoms with van der Waals surface area (Å²) in [7, 11) is 0. The van der Waals surface area contributed by atoms with E-state index in [1.807, 2.05) is 19.1 Å². The SMILES string of the molecule is CCc1cccnc1CNCC(O)c1ccc(F)cc1F. The lowest BCUT2D eigenvalue weighted by Gasteiger charge is -2.14. The number of halogens is 2. The Hall–Kier alpha value is -1.85. The van der Waals surface area contributed by atoms with Crippen LogP contribution in [0.2, 0.25) is 0 Å². The number of aromatic nitrogens is 1. The molecule has 0 saturated carbocycles. The van der Waals surface area contributed by atoms with E-state index in [2.05, 4.69) is 10.3 Å². The highest BCUT2D eigenvalue weighted by Gasteiger charge is 2.13. The molecule has 1 heterocycles. The summed E-state index contributed by atoms with van der Waals surface area (Å²) in [4.78, 5) is 4.28. The molecule has 0 aliphatic carbocycles. The Morgan fingerprint density at radius 2 is 2.10 bits per heavy atom. The molecule has 0 amide bonds. The van der Waals surface area contributed by atoms with Gasteiger partial charge in [0.2, 0.25) is 0 Å². The highest BCUT2D eigenvalue weighted by molar-refractivity contribution is 5.22. The molecule has 2 aromatic rings. The van der Waals surface area contributed by atoms with E-state index >= 15 is 0 Å². The Bertz CT molecular complexity index is 605. The number of aliphatic hydroxyl groups excluding tert-OH is 1. The average molecular weight is 292 g/mol. The Morgan fingerprint density at radius 3 is 2.81 bits per heavy atom. The van der Waals surface area contributed by atoms with Crippen molar-refractivity contribution < 1.29 is 13.9 Å². The van der Waals surface area contributed by atoms with Gasteiger partial charge in [0.05, 0.1) is 11.8 Å². The highest BCUT2D eigenvalue weighted by atomic mass is 19.1. The smallest absolute Gasteiger partial charge is 0.131 e. The molecule has 0 radical (unpaired) electrons. The van der Waals surface area contributed by atoms with Gasteiger partial charge in [0.15, 0.2) is 0 Å². The van der Waals surface area contributed by atoms with Gasteiger partial charge in [-0.05, 0) is 24.1 Å². The monoisotopic (exact) mass is 292 g/mol. The maximum absolute atomic E-state index is 13.5. The van der Waals surface area contributed by atoms with E-state index in [-0.39, 0.29) is 12.1 Å². The molecule has 1 aromatic carbocycles. The second-order valence-corrected chi connectivity index (χ2v) is 4.78. The minimum absolute atomic E-state index is 0.0839. The first-order valence-corrected chi connectivity index (χ1v) is 6.88. The zero-order valence-corrected chi connectivity index (χ0v) is 11.8. The molecule has 112 valence electrons. The fourth-order valence-electron chi connectivity index (χ4n) is 2.16. The van der Waals surface area contributed by atoms with Crippen LogP contribution in [0.5, 0.6) is 0 Å². The number of pyridine rings is 1. The maximum atomic E-state index is 13.5. The Labute approximate surface area is 122 Å². The number of benzene rings is 1. The van der Waals surface area contributed by atoms with E-state index in [1.165, 1.54) is 6.07 Å². The molecule has 0 aliphatic rings. The molecule has 2 rings (SSSR count). The predicted octanol–water partition coefficient (Wildman–Crippen LogP) is 2.75. The summed E-state index contributed by atoms with van der Waals surface area (Å²) in [5.41, 5.74) is 2.12. The van der Waals surface area contributed by atoms with E-state index in [9.17, 15) is 13.9 Å². The molecule has 5 heteroatoms. The van der Waals surface area contributed by atoms with Crippen molar-refractivity contribution in [3.63, 3.8) is 0 Å². The second-order valence-electron chi connectivity index (χ2n) is 4.78. The van der Waals surface area contributed by atoms with Crippen LogP contribution < -0.4 is 5.32 Å². The van der Waals surface area contributed by atoms with Crippen molar-refractivity contribution in [2.75, 3.05) is 6.54 Å². The van der Waals surface area contributed by atoms with E-state index < -0.39 is 17.7 Å². The number of aryl methyl sites for hydroxylation is 1. The first-order valence-electron chi connectivity index (χ1n) is 6.88. The Kier molecular flexibility index (Phi) is 5.36. The molecule has 0 aliphatic heterocycles. The maximum Gasteiger partial charge on any atom is 0.131 e. The molecule has 0 fully saturated rings. The molecule has 1 unspecified atom stereocenters. The lowest BCUT2D eigenvalue weighted by Crippen LogP contribution is -2.23. The van der Waals surface area contributed by atoms with Crippen molar-refractivity contribution >= 4 is 0 Å². The van der Waals surface area contributed by atoms with Crippen molar-refractivity contribution in [2.45, 2.75) is 26.0 Å². The van der Waals surface area contributed by atoms with Crippen LogP contribution in [-0.2, 0) is 13.0 Å². The summed E-state index contributed by atoms with van der Waals surface area (Å²) >= 11 is 0. The van der Waals surface area contributed by atoms with Crippen LogP contribution in [0, 0.1) is 11.6 Å². The fraction of sp³-hybridized carbons (Fsp3) is 0.312. The third-order valence-corrected chi connectivity index (χ3v) is 3.32. The number of hydrogen-bond donors (Lipinski definition) is 2. The van der Waals surface area contributed by atoms with Gasteiger partial charge in [-0.25, -0.2) is 8.78 Å². The summed E-state index contributed by atoms with van der Waals surface area (Å²) in [5, 5.41) is 13.0. The summed E-state index contributed by atoms with van der Waals surface area (Å²) in [6.45, 7) is 2.70. The molecule has 0 bridgehead atoms. The summed E-state index contributed by atoms with van der Waals surface area (Å²) in [5.74, 6) is -1.39. The third-order valence-electron chi connectivity index (χ3n) is 3.32. The number of rotatable bonds is 6. The Morgan fingerprint density at radius 1 is 1.29 bits per heavy atom. The topological polar surface area (TPSA) is 45.2 Å². The molecule has 0 saturated heterocycles. The standard InChI is InChI=1S/C16H18F2N2O/c1-2-11-4-3-7-20-15(11)9-19-10-16(21)13-6-5-12(17)8-14(13)18/h3-8,16,19,21H,2,9-10H2,1H3. The van der Waals surface area contributed by atoms with Crippen LogP contribution in [-0.4, -0.2) is 16.6 Å². The zero-order valence-electron chi connectivity index (χ0n) is 11.8. The van der Waals surface area contributed by atoms with Crippen molar-refractivity contribution in [3.8, 4) is 0 Å². The van der Waals surface area contributed by atoms with Crippen LogP contribution in [0.15, 0.2) is 36.5 Å².